The SMILES string of the molecule is CC(C)(C)c1ccc2c(c1)C(C)(C)c1c(ccc3cc(C=C4C(=O)c5c(F)ccc(F)c5C4=O)ccc13)N2c1ccccc1. The third-order valence-electron chi connectivity index (χ3n) is 9.04. The summed E-state index contributed by atoms with van der Waals surface area (Å²) in [7, 11) is 0. The van der Waals surface area contributed by atoms with Crippen molar-refractivity contribution in [2.75, 3.05) is 4.90 Å². The molecule has 3 nitrogen and oxygen atoms in total. The maximum absolute atomic E-state index is 14.4. The molecule has 0 saturated carbocycles. The molecular weight excluding hydrogens is 552 g/mol. The standard InChI is InChI=1S/C39H31F2NO2/c1-38(2,3)24-13-18-31-28(21-24)39(4,5)35-26-14-11-22(19-23(26)12-17-32(35)42(31)25-9-7-6-8-10-25)20-27-36(43)33-29(40)15-16-30(41)34(33)37(27)44/h6-21H,1-5H3. The second-order valence-electron chi connectivity index (χ2n) is 13.2. The van der Waals surface area contributed by atoms with E-state index < -0.39 is 34.3 Å². The highest BCUT2D eigenvalue weighted by atomic mass is 19.1. The number of rotatable bonds is 2. The van der Waals surface area contributed by atoms with Crippen LogP contribution >= 0.6 is 0 Å². The lowest BCUT2D eigenvalue weighted by atomic mass is 9.70. The Labute approximate surface area is 255 Å². The molecule has 0 N–H and O–H groups in total. The van der Waals surface area contributed by atoms with Crippen LogP contribution in [0.25, 0.3) is 16.8 Å². The Morgan fingerprint density at radius 3 is 2.00 bits per heavy atom. The summed E-state index contributed by atoms with van der Waals surface area (Å²) in [5.74, 6) is -3.38. The molecule has 0 radical (unpaired) electrons. The molecule has 1 aliphatic carbocycles. The Balaban J connectivity index is 1.41. The van der Waals surface area contributed by atoms with Crippen molar-refractivity contribution in [2.24, 2.45) is 0 Å². The maximum Gasteiger partial charge on any atom is 0.200 e. The second-order valence-corrected chi connectivity index (χ2v) is 13.2. The van der Waals surface area contributed by atoms with E-state index in [-0.39, 0.29) is 16.4 Å². The van der Waals surface area contributed by atoms with E-state index in [0.29, 0.717) is 5.56 Å². The van der Waals surface area contributed by atoms with E-state index in [1.165, 1.54) is 22.8 Å². The predicted molar refractivity (Wildman–Crippen MR) is 172 cm³/mol. The number of ketones is 2. The molecular formula is C39H31F2NO2. The zero-order chi connectivity index (χ0) is 31.1. The lowest BCUT2D eigenvalue weighted by Gasteiger charge is -2.43. The van der Waals surface area contributed by atoms with Crippen LogP contribution in [0, 0.1) is 11.6 Å². The topological polar surface area (TPSA) is 37.4 Å². The molecule has 0 atom stereocenters. The van der Waals surface area contributed by atoms with Gasteiger partial charge in [-0.15, -0.1) is 0 Å². The van der Waals surface area contributed by atoms with E-state index in [1.54, 1.807) is 0 Å². The second kappa shape index (κ2) is 9.55. The Morgan fingerprint density at radius 1 is 0.727 bits per heavy atom. The number of Topliss-reactive ketones (excluding diaryl/α,β-unsaturated/α-hetero) is 2. The monoisotopic (exact) mass is 583 g/mol. The molecule has 5 aromatic carbocycles. The van der Waals surface area contributed by atoms with Crippen LogP contribution in [0.5, 0.6) is 0 Å². The summed E-state index contributed by atoms with van der Waals surface area (Å²) in [6.07, 6.45) is 1.44. The van der Waals surface area contributed by atoms with E-state index in [9.17, 15) is 18.4 Å². The molecule has 7 rings (SSSR count). The highest BCUT2D eigenvalue weighted by Gasteiger charge is 2.40. The summed E-state index contributed by atoms with van der Waals surface area (Å²) in [6.45, 7) is 11.2. The molecule has 5 aromatic rings. The van der Waals surface area contributed by atoms with Crippen LogP contribution in [0.15, 0.2) is 96.6 Å². The molecule has 44 heavy (non-hydrogen) atoms. The van der Waals surface area contributed by atoms with Crippen LogP contribution in [0.1, 0.15) is 77.6 Å². The van der Waals surface area contributed by atoms with Gasteiger partial charge in [0.15, 0.2) is 0 Å². The summed E-state index contributed by atoms with van der Waals surface area (Å²) in [5, 5.41) is 1.98. The molecule has 0 bridgehead atoms. The Morgan fingerprint density at radius 2 is 1.36 bits per heavy atom. The van der Waals surface area contributed by atoms with Gasteiger partial charge in [0, 0.05) is 11.1 Å². The van der Waals surface area contributed by atoms with Gasteiger partial charge in [-0.2, -0.15) is 0 Å². The van der Waals surface area contributed by atoms with Crippen molar-refractivity contribution in [3.05, 3.63) is 142 Å². The molecule has 0 fully saturated rings. The third kappa shape index (κ3) is 4.06. The van der Waals surface area contributed by atoms with E-state index in [1.807, 2.05) is 42.5 Å². The molecule has 218 valence electrons. The minimum Gasteiger partial charge on any atom is -0.310 e. The predicted octanol–water partition coefficient (Wildman–Crippen LogP) is 9.99. The Bertz CT molecular complexity index is 2040. The van der Waals surface area contributed by atoms with Crippen molar-refractivity contribution in [3.8, 4) is 0 Å². The van der Waals surface area contributed by atoms with Gasteiger partial charge in [0.2, 0.25) is 11.6 Å². The van der Waals surface area contributed by atoms with Gasteiger partial charge in [-0.1, -0.05) is 83.1 Å². The smallest absolute Gasteiger partial charge is 0.200 e. The van der Waals surface area contributed by atoms with Gasteiger partial charge < -0.3 is 4.90 Å². The van der Waals surface area contributed by atoms with Crippen LogP contribution in [-0.4, -0.2) is 11.6 Å². The minimum atomic E-state index is -0.895. The summed E-state index contributed by atoms with van der Waals surface area (Å²) in [5.41, 5.74) is 5.94. The van der Waals surface area contributed by atoms with Gasteiger partial charge in [0.1, 0.15) is 11.6 Å². The number of fused-ring (bicyclic) bond motifs is 5. The van der Waals surface area contributed by atoms with Gasteiger partial charge in [-0.05, 0) is 87.0 Å². The van der Waals surface area contributed by atoms with E-state index >= 15 is 0 Å². The van der Waals surface area contributed by atoms with Crippen molar-refractivity contribution >= 4 is 45.5 Å². The highest BCUT2D eigenvalue weighted by Crippen LogP contribution is 2.54. The first-order valence-corrected chi connectivity index (χ1v) is 14.7. The number of para-hydroxylation sites is 1. The van der Waals surface area contributed by atoms with Crippen LogP contribution in [0.4, 0.5) is 25.8 Å². The molecule has 0 unspecified atom stereocenters. The van der Waals surface area contributed by atoms with Crippen molar-refractivity contribution in [3.63, 3.8) is 0 Å². The lowest BCUT2D eigenvalue weighted by Crippen LogP contribution is -2.31. The Hall–Kier alpha value is -4.90. The lowest BCUT2D eigenvalue weighted by molar-refractivity contribution is 0.0989. The minimum absolute atomic E-state index is 0.0231. The van der Waals surface area contributed by atoms with E-state index in [4.69, 9.17) is 0 Å². The van der Waals surface area contributed by atoms with Crippen LogP contribution in [0.3, 0.4) is 0 Å². The van der Waals surface area contributed by atoms with Crippen molar-refractivity contribution < 1.29 is 18.4 Å². The first kappa shape index (κ1) is 27.9. The quantitative estimate of drug-likeness (QED) is 0.153. The van der Waals surface area contributed by atoms with Gasteiger partial charge in [-0.25, -0.2) is 8.78 Å². The van der Waals surface area contributed by atoms with Gasteiger partial charge in [0.05, 0.1) is 28.1 Å². The fourth-order valence-electron chi connectivity index (χ4n) is 6.75. The summed E-state index contributed by atoms with van der Waals surface area (Å²) in [4.78, 5) is 28.3. The van der Waals surface area contributed by atoms with Gasteiger partial charge in [0.25, 0.3) is 0 Å². The highest BCUT2D eigenvalue weighted by molar-refractivity contribution is 6.41. The average molecular weight is 584 g/mol. The van der Waals surface area contributed by atoms with Crippen molar-refractivity contribution in [1.82, 2.24) is 0 Å². The average Bonchev–Trinajstić information content (AvgIpc) is 3.24. The van der Waals surface area contributed by atoms with Crippen LogP contribution in [-0.2, 0) is 10.8 Å². The normalized spacial score (nSPS) is 15.3. The number of anilines is 3. The summed E-state index contributed by atoms with van der Waals surface area (Å²) in [6, 6.07) is 28.8. The first-order chi connectivity index (χ1) is 20.9. The van der Waals surface area contributed by atoms with Gasteiger partial charge in [-0.3, -0.25) is 9.59 Å². The van der Waals surface area contributed by atoms with Crippen LogP contribution < -0.4 is 4.90 Å². The van der Waals surface area contributed by atoms with Crippen molar-refractivity contribution in [2.45, 2.75) is 45.4 Å². The number of halogens is 2. The number of hydrogen-bond donors (Lipinski definition) is 0. The fraction of sp³-hybridized carbons (Fsp3) is 0.179. The zero-order valence-corrected chi connectivity index (χ0v) is 25.3. The number of carbonyl (C=O) groups excluding carboxylic acids is 2. The number of benzene rings is 5. The van der Waals surface area contributed by atoms with Crippen molar-refractivity contribution in [1.29, 1.82) is 0 Å². The zero-order valence-electron chi connectivity index (χ0n) is 25.3. The van der Waals surface area contributed by atoms with E-state index in [2.05, 4.69) is 75.9 Å². The van der Waals surface area contributed by atoms with Gasteiger partial charge >= 0.3 is 0 Å². The molecule has 0 amide bonds. The van der Waals surface area contributed by atoms with Crippen LogP contribution in [0.2, 0.25) is 0 Å². The number of nitrogens with zero attached hydrogens (tertiary/aromatic N) is 1. The summed E-state index contributed by atoms with van der Waals surface area (Å²) >= 11 is 0. The fourth-order valence-corrected chi connectivity index (χ4v) is 6.75. The van der Waals surface area contributed by atoms with E-state index in [0.717, 1.165) is 40.0 Å². The number of carbonyl (C=O) groups is 2. The Kier molecular flexibility index (Phi) is 6.06. The summed E-state index contributed by atoms with van der Waals surface area (Å²) < 4.78 is 28.9. The molecule has 0 saturated heterocycles. The number of hydrogen-bond acceptors (Lipinski definition) is 3. The molecule has 1 aliphatic heterocycles. The first-order valence-electron chi connectivity index (χ1n) is 14.7. The molecule has 5 heteroatoms. The molecule has 2 aliphatic rings. The molecule has 0 spiro atoms. The molecule has 1 heterocycles. The third-order valence-corrected chi connectivity index (χ3v) is 9.04. The largest absolute Gasteiger partial charge is 0.310 e. The maximum atomic E-state index is 14.4. The molecule has 0 aromatic heterocycles. The number of allylic oxidation sites excluding steroid dienone is 1.